The number of benzene rings is 2. The Labute approximate surface area is 126 Å². The summed E-state index contributed by atoms with van der Waals surface area (Å²) in [7, 11) is -4.03. The summed E-state index contributed by atoms with van der Waals surface area (Å²) in [5, 5.41) is 8.93. The summed E-state index contributed by atoms with van der Waals surface area (Å²) >= 11 is 1.47. The van der Waals surface area contributed by atoms with Crippen molar-refractivity contribution < 1.29 is 12.8 Å². The molecular weight excluding hydrogens is 311 g/mol. The van der Waals surface area contributed by atoms with Gasteiger partial charge in [-0.2, -0.15) is 5.26 Å². The van der Waals surface area contributed by atoms with Gasteiger partial charge in [-0.1, -0.05) is 12.1 Å². The van der Waals surface area contributed by atoms with E-state index in [1.165, 1.54) is 23.9 Å². The minimum absolute atomic E-state index is 0.356. The number of hydrogen-bond acceptors (Lipinski definition) is 4. The molecule has 0 unspecified atom stereocenters. The molecule has 2 aromatic carbocycles. The monoisotopic (exact) mass is 322 g/mol. The Kier molecular flexibility index (Phi) is 4.50. The number of thioether (sulfide) groups is 1. The van der Waals surface area contributed by atoms with Crippen LogP contribution in [-0.4, -0.2) is 14.7 Å². The molecule has 0 fully saturated rings. The summed E-state index contributed by atoms with van der Waals surface area (Å²) in [4.78, 5) is 0.509. The Morgan fingerprint density at radius 2 is 1.95 bits per heavy atom. The van der Waals surface area contributed by atoms with Gasteiger partial charge in [-0.05, 0) is 36.6 Å². The molecule has 0 amide bonds. The van der Waals surface area contributed by atoms with E-state index in [1.807, 2.05) is 12.3 Å². The van der Waals surface area contributed by atoms with E-state index in [4.69, 9.17) is 5.26 Å². The van der Waals surface area contributed by atoms with Crippen LogP contribution in [0.15, 0.2) is 52.3 Å². The fourth-order valence-corrected chi connectivity index (χ4v) is 3.41. The number of rotatable bonds is 4. The molecule has 7 heteroatoms. The molecule has 2 rings (SSSR count). The summed E-state index contributed by atoms with van der Waals surface area (Å²) in [6.07, 6.45) is 1.87. The lowest BCUT2D eigenvalue weighted by Crippen LogP contribution is -2.15. The van der Waals surface area contributed by atoms with Crippen LogP contribution in [0.25, 0.3) is 0 Å². The second kappa shape index (κ2) is 6.16. The van der Waals surface area contributed by atoms with Gasteiger partial charge in [0.2, 0.25) is 0 Å². The predicted molar refractivity (Wildman–Crippen MR) is 80.1 cm³/mol. The van der Waals surface area contributed by atoms with Gasteiger partial charge in [0.1, 0.15) is 22.3 Å². The topological polar surface area (TPSA) is 70.0 Å². The Morgan fingerprint density at radius 3 is 2.62 bits per heavy atom. The summed E-state index contributed by atoms with van der Waals surface area (Å²) in [5.41, 5.74) is -0.138. The third-order valence-electron chi connectivity index (χ3n) is 2.70. The molecule has 0 saturated heterocycles. The van der Waals surface area contributed by atoms with Crippen LogP contribution >= 0.6 is 11.8 Å². The Balaban J connectivity index is 2.44. The molecule has 2 aromatic rings. The highest BCUT2D eigenvalue weighted by molar-refractivity contribution is 7.98. The van der Waals surface area contributed by atoms with E-state index in [1.54, 1.807) is 24.3 Å². The zero-order valence-electron chi connectivity index (χ0n) is 11.0. The van der Waals surface area contributed by atoms with Crippen LogP contribution in [0.4, 0.5) is 10.1 Å². The first kappa shape index (κ1) is 15.4. The predicted octanol–water partition coefficient (Wildman–Crippen LogP) is 3.22. The molecule has 4 nitrogen and oxygen atoms in total. The van der Waals surface area contributed by atoms with E-state index in [0.29, 0.717) is 5.69 Å². The van der Waals surface area contributed by atoms with Crippen molar-refractivity contribution in [1.82, 2.24) is 0 Å². The maximum absolute atomic E-state index is 13.5. The summed E-state index contributed by atoms with van der Waals surface area (Å²) in [6, 6.07) is 11.9. The molecule has 0 saturated carbocycles. The minimum Gasteiger partial charge on any atom is -0.280 e. The smallest absolute Gasteiger partial charge is 0.263 e. The normalized spacial score (nSPS) is 10.9. The largest absolute Gasteiger partial charge is 0.280 e. The maximum Gasteiger partial charge on any atom is 0.263 e. The van der Waals surface area contributed by atoms with Gasteiger partial charge in [-0.3, -0.25) is 4.72 Å². The molecule has 108 valence electrons. The molecule has 0 atom stereocenters. The van der Waals surface area contributed by atoms with Gasteiger partial charge in [-0.25, -0.2) is 12.8 Å². The second-order valence-corrected chi connectivity index (χ2v) is 6.59. The Morgan fingerprint density at radius 1 is 1.24 bits per heavy atom. The number of nitriles is 1. The van der Waals surface area contributed by atoms with Gasteiger partial charge in [0.15, 0.2) is 0 Å². The highest BCUT2D eigenvalue weighted by Gasteiger charge is 2.21. The van der Waals surface area contributed by atoms with Crippen molar-refractivity contribution in [3.8, 4) is 6.07 Å². The molecule has 0 bridgehead atoms. The third-order valence-corrected chi connectivity index (χ3v) is 4.85. The van der Waals surface area contributed by atoms with Crippen LogP contribution in [0.3, 0.4) is 0 Å². The number of nitrogens with one attached hydrogen (secondary N) is 1. The minimum atomic E-state index is -4.03. The number of halogens is 1. The van der Waals surface area contributed by atoms with Crippen molar-refractivity contribution in [3.63, 3.8) is 0 Å². The fraction of sp³-hybridized carbons (Fsp3) is 0.0714. The van der Waals surface area contributed by atoms with Gasteiger partial charge in [-0.15, -0.1) is 11.8 Å². The van der Waals surface area contributed by atoms with Crippen LogP contribution < -0.4 is 4.72 Å². The van der Waals surface area contributed by atoms with Crippen molar-refractivity contribution in [2.24, 2.45) is 0 Å². The van der Waals surface area contributed by atoms with Crippen molar-refractivity contribution in [1.29, 1.82) is 5.26 Å². The van der Waals surface area contributed by atoms with E-state index >= 15 is 0 Å². The van der Waals surface area contributed by atoms with Gasteiger partial charge < -0.3 is 0 Å². The van der Waals surface area contributed by atoms with Crippen molar-refractivity contribution in [2.45, 2.75) is 9.79 Å². The van der Waals surface area contributed by atoms with E-state index < -0.39 is 21.4 Å². The van der Waals surface area contributed by atoms with Gasteiger partial charge in [0.05, 0.1) is 0 Å². The van der Waals surface area contributed by atoms with E-state index in [0.717, 1.165) is 11.0 Å². The first-order valence-electron chi connectivity index (χ1n) is 5.83. The van der Waals surface area contributed by atoms with Crippen molar-refractivity contribution in [3.05, 3.63) is 53.8 Å². The second-order valence-electron chi connectivity index (χ2n) is 4.06. The summed E-state index contributed by atoms with van der Waals surface area (Å²) in [5.74, 6) is -0.863. The van der Waals surface area contributed by atoms with Gasteiger partial charge >= 0.3 is 0 Å². The molecule has 0 radical (unpaired) electrons. The zero-order chi connectivity index (χ0) is 15.5. The first-order valence-corrected chi connectivity index (χ1v) is 8.54. The molecule has 0 aliphatic rings. The van der Waals surface area contributed by atoms with Crippen LogP contribution in [-0.2, 0) is 10.0 Å². The van der Waals surface area contributed by atoms with Crippen LogP contribution in [0, 0.1) is 17.1 Å². The van der Waals surface area contributed by atoms with Crippen molar-refractivity contribution in [2.75, 3.05) is 11.0 Å². The van der Waals surface area contributed by atoms with E-state index in [-0.39, 0.29) is 4.90 Å². The zero-order valence-corrected chi connectivity index (χ0v) is 12.6. The summed E-state index contributed by atoms with van der Waals surface area (Å²) in [6.45, 7) is 0. The average Bonchev–Trinajstić information content (AvgIpc) is 2.46. The lowest BCUT2D eigenvalue weighted by atomic mass is 10.2. The highest BCUT2D eigenvalue weighted by atomic mass is 32.2. The van der Waals surface area contributed by atoms with Crippen LogP contribution in [0.1, 0.15) is 5.56 Å². The molecule has 0 aliphatic heterocycles. The number of sulfonamides is 1. The maximum atomic E-state index is 13.5. The molecular formula is C14H11FN2O2S2. The quantitative estimate of drug-likeness (QED) is 0.878. The average molecular weight is 322 g/mol. The Hall–Kier alpha value is -2.04. The lowest BCUT2D eigenvalue weighted by Gasteiger charge is -2.10. The summed E-state index contributed by atoms with van der Waals surface area (Å²) < 4.78 is 40.5. The first-order chi connectivity index (χ1) is 9.97. The molecule has 21 heavy (non-hydrogen) atoms. The number of nitrogens with zero attached hydrogens (tertiary/aromatic N) is 1. The molecule has 1 N–H and O–H groups in total. The number of anilines is 1. The highest BCUT2D eigenvalue weighted by Crippen LogP contribution is 2.24. The Bertz CT molecular complexity index is 814. The fourth-order valence-electron chi connectivity index (χ4n) is 1.73. The standard InChI is InChI=1S/C14H11FN2O2S2/c1-20-11-5-2-4-10(8-11)17-21(18,19)14-7-3-6-13(15)12(14)9-16/h2-8,17H,1H3. The van der Waals surface area contributed by atoms with Crippen LogP contribution in [0.5, 0.6) is 0 Å². The molecule has 0 aromatic heterocycles. The SMILES string of the molecule is CSc1cccc(NS(=O)(=O)c2cccc(F)c2C#N)c1. The molecule has 0 spiro atoms. The third kappa shape index (κ3) is 3.35. The molecule has 0 aliphatic carbocycles. The lowest BCUT2D eigenvalue weighted by molar-refractivity contribution is 0.593. The molecule has 0 heterocycles. The van der Waals surface area contributed by atoms with Crippen molar-refractivity contribution >= 4 is 27.5 Å². The number of hydrogen-bond donors (Lipinski definition) is 1. The van der Waals surface area contributed by atoms with Gasteiger partial charge in [0, 0.05) is 10.6 Å². The van der Waals surface area contributed by atoms with E-state index in [2.05, 4.69) is 4.72 Å². The van der Waals surface area contributed by atoms with Gasteiger partial charge in [0.25, 0.3) is 10.0 Å². The van der Waals surface area contributed by atoms with Crippen LogP contribution in [0.2, 0.25) is 0 Å². The van der Waals surface area contributed by atoms with E-state index in [9.17, 15) is 12.8 Å².